The molecule has 1 aliphatic rings. The fourth-order valence-corrected chi connectivity index (χ4v) is 4.19. The summed E-state index contributed by atoms with van der Waals surface area (Å²) in [6, 6.07) is 5.72. The monoisotopic (exact) mass is 441 g/mol. The van der Waals surface area contributed by atoms with Crippen LogP contribution in [-0.2, 0) is 23.9 Å². The molecule has 0 bridgehead atoms. The van der Waals surface area contributed by atoms with Gasteiger partial charge in [0.15, 0.2) is 5.01 Å². The number of nitrogens with zero attached hydrogens (tertiary/aromatic N) is 2. The maximum Gasteiger partial charge on any atom is 0.443 e. The largest absolute Gasteiger partial charge is 0.443 e. The van der Waals surface area contributed by atoms with Crippen molar-refractivity contribution >= 4 is 28.6 Å². The molecule has 4 nitrogen and oxygen atoms in total. The summed E-state index contributed by atoms with van der Waals surface area (Å²) in [7, 11) is 0. The van der Waals surface area contributed by atoms with Crippen molar-refractivity contribution in [2.24, 2.45) is 5.41 Å². The van der Waals surface area contributed by atoms with Crippen LogP contribution in [0.15, 0.2) is 18.2 Å². The SMILES string of the molecule is CC.Cc1cc(N2CCc3nc(C(F)(F)F)sc3C2)ccc1NC(=O)CC(C)(C)C. The lowest BCUT2D eigenvalue weighted by Crippen LogP contribution is -2.29. The molecule has 2 heterocycles. The molecule has 3 rings (SSSR count). The molecular weight excluding hydrogens is 411 g/mol. The summed E-state index contributed by atoms with van der Waals surface area (Å²) in [5, 5.41) is 2.17. The number of hydrogen-bond acceptors (Lipinski definition) is 4. The summed E-state index contributed by atoms with van der Waals surface area (Å²) in [4.78, 5) is 18.6. The van der Waals surface area contributed by atoms with Gasteiger partial charge in [0, 0.05) is 35.6 Å². The summed E-state index contributed by atoms with van der Waals surface area (Å²) in [6.45, 7) is 13.0. The molecule has 30 heavy (non-hydrogen) atoms. The zero-order chi connectivity index (χ0) is 22.7. The van der Waals surface area contributed by atoms with Crippen molar-refractivity contribution in [2.75, 3.05) is 16.8 Å². The second-order valence-corrected chi connectivity index (χ2v) is 9.43. The van der Waals surface area contributed by atoms with Gasteiger partial charge in [-0.25, -0.2) is 4.98 Å². The number of fused-ring (bicyclic) bond motifs is 1. The van der Waals surface area contributed by atoms with Gasteiger partial charge in [0.05, 0.1) is 12.2 Å². The number of aryl methyl sites for hydroxylation is 1. The molecule has 0 saturated carbocycles. The van der Waals surface area contributed by atoms with Crippen LogP contribution in [0.4, 0.5) is 24.5 Å². The average Bonchev–Trinajstić information content (AvgIpc) is 3.07. The second kappa shape index (κ2) is 9.37. The second-order valence-electron chi connectivity index (χ2n) is 8.34. The van der Waals surface area contributed by atoms with Crippen LogP contribution < -0.4 is 10.2 Å². The van der Waals surface area contributed by atoms with Gasteiger partial charge in [0.1, 0.15) is 0 Å². The van der Waals surface area contributed by atoms with E-state index in [0.29, 0.717) is 36.5 Å². The number of amides is 1. The van der Waals surface area contributed by atoms with E-state index in [-0.39, 0.29) is 11.3 Å². The Morgan fingerprint density at radius 2 is 1.90 bits per heavy atom. The van der Waals surface area contributed by atoms with Crippen molar-refractivity contribution in [3.63, 3.8) is 0 Å². The molecule has 166 valence electrons. The van der Waals surface area contributed by atoms with Crippen LogP contribution in [0, 0.1) is 12.3 Å². The fourth-order valence-electron chi connectivity index (χ4n) is 3.20. The molecule has 1 amide bonds. The van der Waals surface area contributed by atoms with Gasteiger partial charge in [-0.15, -0.1) is 11.3 Å². The highest BCUT2D eigenvalue weighted by molar-refractivity contribution is 7.11. The Morgan fingerprint density at radius 3 is 2.47 bits per heavy atom. The van der Waals surface area contributed by atoms with Crippen molar-refractivity contribution in [3.8, 4) is 0 Å². The molecule has 8 heteroatoms. The van der Waals surface area contributed by atoms with Gasteiger partial charge in [0.2, 0.25) is 5.91 Å². The number of halogens is 3. The predicted octanol–water partition coefficient (Wildman–Crippen LogP) is 6.43. The van der Waals surface area contributed by atoms with Crippen molar-refractivity contribution < 1.29 is 18.0 Å². The standard InChI is InChI=1S/C20H24F3N3OS.C2H6/c1-12-9-13(5-6-14(12)24-17(27)10-19(2,3)4)26-8-7-15-16(11-26)28-18(25-15)20(21,22)23;1-2/h5-6,9H,7-8,10-11H2,1-4H3,(H,24,27);1-2H3. The summed E-state index contributed by atoms with van der Waals surface area (Å²) in [5.41, 5.74) is 3.07. The average molecular weight is 442 g/mol. The third-order valence-corrected chi connectivity index (χ3v) is 5.64. The number of anilines is 2. The van der Waals surface area contributed by atoms with E-state index in [4.69, 9.17) is 0 Å². The Hall–Kier alpha value is -2.09. The van der Waals surface area contributed by atoms with Crippen LogP contribution in [-0.4, -0.2) is 17.4 Å². The quantitative estimate of drug-likeness (QED) is 0.597. The Morgan fingerprint density at radius 1 is 1.23 bits per heavy atom. The Kier molecular flexibility index (Phi) is 7.55. The van der Waals surface area contributed by atoms with E-state index in [1.54, 1.807) is 0 Å². The molecule has 0 aliphatic carbocycles. The van der Waals surface area contributed by atoms with Crippen molar-refractivity contribution in [3.05, 3.63) is 39.3 Å². The highest BCUT2D eigenvalue weighted by Gasteiger charge is 2.37. The molecule has 0 unspecified atom stereocenters. The number of alkyl halides is 3. The minimum absolute atomic E-state index is 0.0321. The highest BCUT2D eigenvalue weighted by Crippen LogP contribution is 2.37. The third kappa shape index (κ3) is 6.20. The number of rotatable bonds is 3. The molecule has 2 aromatic rings. The lowest BCUT2D eigenvalue weighted by molar-refractivity contribution is -0.137. The van der Waals surface area contributed by atoms with Crippen LogP contribution in [0.2, 0.25) is 0 Å². The lowest BCUT2D eigenvalue weighted by Gasteiger charge is -2.29. The molecule has 1 aliphatic heterocycles. The summed E-state index contributed by atoms with van der Waals surface area (Å²) in [5.74, 6) is -0.0321. The topological polar surface area (TPSA) is 45.2 Å². The van der Waals surface area contributed by atoms with E-state index in [9.17, 15) is 18.0 Å². The molecule has 0 saturated heterocycles. The Labute approximate surface area is 180 Å². The van der Waals surface area contributed by atoms with E-state index in [1.807, 2.05) is 59.7 Å². The Bertz CT molecular complexity index is 885. The van der Waals surface area contributed by atoms with Crippen molar-refractivity contribution in [2.45, 2.75) is 67.1 Å². The van der Waals surface area contributed by atoms with Crippen molar-refractivity contribution in [1.29, 1.82) is 0 Å². The van der Waals surface area contributed by atoms with E-state index in [0.717, 1.165) is 28.3 Å². The molecule has 1 N–H and O–H groups in total. The van der Waals surface area contributed by atoms with E-state index >= 15 is 0 Å². The molecule has 0 atom stereocenters. The number of benzene rings is 1. The third-order valence-electron chi connectivity index (χ3n) is 4.51. The van der Waals surface area contributed by atoms with Crippen LogP contribution in [0.5, 0.6) is 0 Å². The van der Waals surface area contributed by atoms with Crippen LogP contribution >= 0.6 is 11.3 Å². The normalized spacial score (nSPS) is 14.0. The van der Waals surface area contributed by atoms with E-state index < -0.39 is 11.2 Å². The minimum atomic E-state index is -4.39. The van der Waals surface area contributed by atoms with Gasteiger partial charge in [-0.1, -0.05) is 34.6 Å². The van der Waals surface area contributed by atoms with Gasteiger partial charge < -0.3 is 10.2 Å². The maximum absolute atomic E-state index is 12.9. The van der Waals surface area contributed by atoms with Crippen molar-refractivity contribution in [1.82, 2.24) is 4.98 Å². The van der Waals surface area contributed by atoms with Crippen LogP contribution in [0.1, 0.15) is 62.2 Å². The molecule has 0 spiro atoms. The summed E-state index contributed by atoms with van der Waals surface area (Å²) < 4.78 is 38.7. The van der Waals surface area contributed by atoms with E-state index in [2.05, 4.69) is 15.2 Å². The fraction of sp³-hybridized carbons (Fsp3) is 0.545. The minimum Gasteiger partial charge on any atom is -0.366 e. The highest BCUT2D eigenvalue weighted by atomic mass is 32.1. The lowest BCUT2D eigenvalue weighted by atomic mass is 9.92. The number of aromatic nitrogens is 1. The first-order chi connectivity index (χ1) is 13.9. The molecule has 1 aromatic carbocycles. The number of carbonyl (C=O) groups is 1. The predicted molar refractivity (Wildman–Crippen MR) is 117 cm³/mol. The Balaban J connectivity index is 0.00000155. The van der Waals surface area contributed by atoms with Gasteiger partial charge in [-0.3, -0.25) is 4.79 Å². The van der Waals surface area contributed by atoms with Crippen LogP contribution in [0.3, 0.4) is 0 Å². The number of nitrogens with one attached hydrogen (secondary N) is 1. The first kappa shape index (κ1) is 24.2. The van der Waals surface area contributed by atoms with Gasteiger partial charge >= 0.3 is 6.18 Å². The van der Waals surface area contributed by atoms with Gasteiger partial charge in [-0.2, -0.15) is 13.2 Å². The zero-order valence-corrected chi connectivity index (χ0v) is 19.2. The number of thiazole rings is 1. The number of carbonyl (C=O) groups excluding carboxylic acids is 1. The van der Waals surface area contributed by atoms with Crippen LogP contribution in [0.25, 0.3) is 0 Å². The van der Waals surface area contributed by atoms with Gasteiger partial charge in [-0.05, 0) is 36.1 Å². The van der Waals surface area contributed by atoms with E-state index in [1.165, 1.54) is 0 Å². The first-order valence-electron chi connectivity index (χ1n) is 10.1. The number of hydrogen-bond donors (Lipinski definition) is 1. The summed E-state index contributed by atoms with van der Waals surface area (Å²) in [6.07, 6.45) is -3.47. The first-order valence-corrected chi connectivity index (χ1v) is 11.0. The molecule has 0 fully saturated rings. The maximum atomic E-state index is 12.9. The zero-order valence-electron chi connectivity index (χ0n) is 18.4. The molecule has 0 radical (unpaired) electrons. The molecular formula is C22H30F3N3OS. The summed E-state index contributed by atoms with van der Waals surface area (Å²) >= 11 is 0.727. The van der Waals surface area contributed by atoms with Gasteiger partial charge in [0.25, 0.3) is 0 Å². The molecule has 1 aromatic heterocycles. The smallest absolute Gasteiger partial charge is 0.366 e.